The first-order chi connectivity index (χ1) is 8.69. The second kappa shape index (κ2) is 7.71. The molecular weight excluding hydrogens is 230 g/mol. The van der Waals surface area contributed by atoms with Crippen LogP contribution in [0.25, 0.3) is 0 Å². The zero-order valence-electron chi connectivity index (χ0n) is 11.1. The van der Waals surface area contributed by atoms with Gasteiger partial charge in [-0.1, -0.05) is 31.5 Å². The van der Waals surface area contributed by atoms with E-state index in [0.29, 0.717) is 18.9 Å². The van der Waals surface area contributed by atoms with Gasteiger partial charge in [-0.3, -0.25) is 0 Å². The van der Waals surface area contributed by atoms with Crippen molar-refractivity contribution in [3.8, 4) is 5.75 Å². The summed E-state index contributed by atoms with van der Waals surface area (Å²) in [5.41, 5.74) is 7.50. The van der Waals surface area contributed by atoms with Gasteiger partial charge in [-0.05, 0) is 18.9 Å². The predicted molar refractivity (Wildman–Crippen MR) is 70.4 cm³/mol. The summed E-state index contributed by atoms with van der Waals surface area (Å²) in [5, 5.41) is 0. The summed E-state index contributed by atoms with van der Waals surface area (Å²) in [4.78, 5) is 11.4. The molecule has 0 aliphatic carbocycles. The van der Waals surface area contributed by atoms with E-state index in [0.717, 1.165) is 24.0 Å². The highest BCUT2D eigenvalue weighted by Gasteiger charge is 2.09. The number of benzene rings is 1. The Morgan fingerprint density at radius 3 is 2.83 bits per heavy atom. The predicted octanol–water partition coefficient (Wildman–Crippen LogP) is 2.18. The fraction of sp³-hybridized carbons (Fsp3) is 0.500. The van der Waals surface area contributed by atoms with Crippen molar-refractivity contribution in [2.24, 2.45) is 5.73 Å². The van der Waals surface area contributed by atoms with Gasteiger partial charge in [-0.2, -0.15) is 0 Å². The number of para-hydroxylation sites is 1. The van der Waals surface area contributed by atoms with Gasteiger partial charge in [0.15, 0.2) is 6.61 Å². The maximum absolute atomic E-state index is 11.4. The van der Waals surface area contributed by atoms with Crippen LogP contribution in [0.4, 0.5) is 0 Å². The minimum atomic E-state index is -0.338. The molecule has 1 aromatic carbocycles. The fourth-order valence-electron chi connectivity index (χ4n) is 1.58. The molecule has 0 radical (unpaired) electrons. The topological polar surface area (TPSA) is 61.5 Å². The van der Waals surface area contributed by atoms with Crippen LogP contribution in [0.3, 0.4) is 0 Å². The quantitative estimate of drug-likeness (QED) is 0.596. The van der Waals surface area contributed by atoms with Crippen LogP contribution in [0.15, 0.2) is 18.2 Å². The number of aryl methyl sites for hydroxylation is 1. The van der Waals surface area contributed by atoms with E-state index in [1.54, 1.807) is 0 Å². The van der Waals surface area contributed by atoms with Crippen molar-refractivity contribution in [2.75, 3.05) is 13.2 Å². The molecule has 0 saturated carbocycles. The summed E-state index contributed by atoms with van der Waals surface area (Å²) in [6, 6.07) is 5.74. The smallest absolute Gasteiger partial charge is 0.344 e. The molecule has 1 aromatic rings. The third kappa shape index (κ3) is 4.37. The van der Waals surface area contributed by atoms with E-state index in [4.69, 9.17) is 15.2 Å². The van der Waals surface area contributed by atoms with Crippen molar-refractivity contribution in [2.45, 2.75) is 33.2 Å². The van der Waals surface area contributed by atoms with Gasteiger partial charge < -0.3 is 15.2 Å². The first kappa shape index (κ1) is 14.5. The molecule has 0 spiro atoms. The van der Waals surface area contributed by atoms with Crippen molar-refractivity contribution in [3.63, 3.8) is 0 Å². The van der Waals surface area contributed by atoms with Crippen molar-refractivity contribution in [1.82, 2.24) is 0 Å². The highest BCUT2D eigenvalue weighted by molar-refractivity contribution is 5.71. The SMILES string of the molecule is CCCCOC(=O)COc1c(C)cccc1CN. The molecule has 0 heterocycles. The summed E-state index contributed by atoms with van der Waals surface area (Å²) in [6.45, 7) is 4.75. The van der Waals surface area contributed by atoms with Crippen LogP contribution in [0.5, 0.6) is 5.75 Å². The number of hydrogen-bond donors (Lipinski definition) is 1. The number of ether oxygens (including phenoxy) is 2. The second-order valence-electron chi connectivity index (χ2n) is 4.13. The normalized spacial score (nSPS) is 10.2. The first-order valence-electron chi connectivity index (χ1n) is 6.26. The average molecular weight is 251 g/mol. The minimum Gasteiger partial charge on any atom is -0.481 e. The third-order valence-corrected chi connectivity index (χ3v) is 2.61. The summed E-state index contributed by atoms with van der Waals surface area (Å²) in [7, 11) is 0. The van der Waals surface area contributed by atoms with Gasteiger partial charge in [-0.15, -0.1) is 0 Å². The number of esters is 1. The molecule has 0 aliphatic rings. The molecule has 0 bridgehead atoms. The van der Waals surface area contributed by atoms with Gasteiger partial charge in [0.25, 0.3) is 0 Å². The van der Waals surface area contributed by atoms with E-state index in [1.807, 2.05) is 32.0 Å². The highest BCUT2D eigenvalue weighted by atomic mass is 16.6. The summed E-state index contributed by atoms with van der Waals surface area (Å²) in [6.07, 6.45) is 1.88. The van der Waals surface area contributed by atoms with E-state index in [9.17, 15) is 4.79 Å². The van der Waals surface area contributed by atoms with Gasteiger partial charge >= 0.3 is 5.97 Å². The zero-order chi connectivity index (χ0) is 13.4. The minimum absolute atomic E-state index is 0.0679. The van der Waals surface area contributed by atoms with Crippen molar-refractivity contribution >= 4 is 5.97 Å². The second-order valence-corrected chi connectivity index (χ2v) is 4.13. The van der Waals surface area contributed by atoms with Crippen LogP contribution in [0.1, 0.15) is 30.9 Å². The Labute approximate surface area is 108 Å². The maximum Gasteiger partial charge on any atom is 0.344 e. The Morgan fingerprint density at radius 1 is 1.39 bits per heavy atom. The Morgan fingerprint density at radius 2 is 2.17 bits per heavy atom. The molecule has 0 aromatic heterocycles. The number of nitrogens with two attached hydrogens (primary N) is 1. The fourth-order valence-corrected chi connectivity index (χ4v) is 1.58. The lowest BCUT2D eigenvalue weighted by molar-refractivity contribution is -0.146. The van der Waals surface area contributed by atoms with Crippen LogP contribution in [-0.4, -0.2) is 19.2 Å². The van der Waals surface area contributed by atoms with E-state index in [-0.39, 0.29) is 12.6 Å². The molecule has 0 fully saturated rings. The van der Waals surface area contributed by atoms with E-state index in [1.165, 1.54) is 0 Å². The van der Waals surface area contributed by atoms with E-state index >= 15 is 0 Å². The van der Waals surface area contributed by atoms with Gasteiger partial charge in [0.2, 0.25) is 0 Å². The number of hydrogen-bond acceptors (Lipinski definition) is 4. The standard InChI is InChI=1S/C14H21NO3/c1-3-4-8-17-13(16)10-18-14-11(2)6-5-7-12(14)9-15/h5-7H,3-4,8-10,15H2,1-2H3. The Balaban J connectivity index is 2.50. The molecule has 0 saturated heterocycles. The van der Waals surface area contributed by atoms with Gasteiger partial charge in [-0.25, -0.2) is 4.79 Å². The molecule has 4 nitrogen and oxygen atoms in total. The monoisotopic (exact) mass is 251 g/mol. The number of rotatable bonds is 7. The Hall–Kier alpha value is -1.55. The van der Waals surface area contributed by atoms with Crippen LogP contribution >= 0.6 is 0 Å². The molecular formula is C14H21NO3. The third-order valence-electron chi connectivity index (χ3n) is 2.61. The molecule has 0 unspecified atom stereocenters. The summed E-state index contributed by atoms with van der Waals surface area (Å²) < 4.78 is 10.5. The molecule has 4 heteroatoms. The zero-order valence-corrected chi connectivity index (χ0v) is 11.1. The molecule has 2 N–H and O–H groups in total. The molecule has 18 heavy (non-hydrogen) atoms. The molecule has 1 rings (SSSR count). The Bertz CT molecular complexity index is 391. The molecule has 0 atom stereocenters. The molecule has 0 aliphatic heterocycles. The first-order valence-corrected chi connectivity index (χ1v) is 6.26. The van der Waals surface area contributed by atoms with Crippen molar-refractivity contribution < 1.29 is 14.3 Å². The van der Waals surface area contributed by atoms with Crippen molar-refractivity contribution in [3.05, 3.63) is 29.3 Å². The van der Waals surface area contributed by atoms with Gasteiger partial charge in [0.05, 0.1) is 6.61 Å². The van der Waals surface area contributed by atoms with Crippen LogP contribution in [-0.2, 0) is 16.1 Å². The van der Waals surface area contributed by atoms with Crippen LogP contribution in [0.2, 0.25) is 0 Å². The van der Waals surface area contributed by atoms with Gasteiger partial charge in [0.1, 0.15) is 5.75 Å². The number of carbonyl (C=O) groups is 1. The van der Waals surface area contributed by atoms with Gasteiger partial charge in [0, 0.05) is 12.1 Å². The lowest BCUT2D eigenvalue weighted by Gasteiger charge is -2.12. The lowest BCUT2D eigenvalue weighted by atomic mass is 10.1. The van der Waals surface area contributed by atoms with E-state index in [2.05, 4.69) is 0 Å². The highest BCUT2D eigenvalue weighted by Crippen LogP contribution is 2.22. The Kier molecular flexibility index (Phi) is 6.22. The lowest BCUT2D eigenvalue weighted by Crippen LogP contribution is -2.17. The largest absolute Gasteiger partial charge is 0.481 e. The maximum atomic E-state index is 11.4. The number of carbonyl (C=O) groups excluding carboxylic acids is 1. The number of unbranched alkanes of at least 4 members (excludes halogenated alkanes) is 1. The van der Waals surface area contributed by atoms with Crippen molar-refractivity contribution in [1.29, 1.82) is 0 Å². The summed E-state index contributed by atoms with van der Waals surface area (Å²) >= 11 is 0. The van der Waals surface area contributed by atoms with Crippen LogP contribution < -0.4 is 10.5 Å². The van der Waals surface area contributed by atoms with Crippen LogP contribution in [0, 0.1) is 6.92 Å². The molecule has 0 amide bonds. The average Bonchev–Trinajstić information content (AvgIpc) is 2.37. The van der Waals surface area contributed by atoms with E-state index < -0.39 is 0 Å². The molecule has 100 valence electrons. The summed E-state index contributed by atoms with van der Waals surface area (Å²) in [5.74, 6) is 0.349.